The Morgan fingerprint density at radius 1 is 1.54 bits per heavy atom. The first kappa shape index (κ1) is 10.5. The van der Waals surface area contributed by atoms with Crippen molar-refractivity contribution in [1.82, 2.24) is 0 Å². The van der Waals surface area contributed by atoms with E-state index < -0.39 is 10.8 Å². The molecule has 1 aromatic carbocycles. The van der Waals surface area contributed by atoms with E-state index in [0.29, 0.717) is 10.8 Å². The van der Waals surface area contributed by atoms with Crippen LogP contribution in [0.4, 0.5) is 0 Å². The van der Waals surface area contributed by atoms with Gasteiger partial charge in [-0.25, -0.2) is 0 Å². The number of allylic oxidation sites excluding steroid dienone is 1. The van der Waals surface area contributed by atoms with Gasteiger partial charge in [0, 0.05) is 15.7 Å². The first-order valence-electron chi connectivity index (χ1n) is 3.99. The van der Waals surface area contributed by atoms with Crippen LogP contribution in [0, 0.1) is 0 Å². The quantitative estimate of drug-likeness (QED) is 0.707. The normalized spacial score (nSPS) is 13.4. The molecule has 0 fully saturated rings. The summed E-state index contributed by atoms with van der Waals surface area (Å²) < 4.78 is 11.6. The van der Waals surface area contributed by atoms with Crippen LogP contribution >= 0.6 is 11.6 Å². The van der Waals surface area contributed by atoms with E-state index in [1.165, 1.54) is 0 Å². The van der Waals surface area contributed by atoms with E-state index in [2.05, 4.69) is 0 Å². The van der Waals surface area contributed by atoms with Crippen molar-refractivity contribution in [3.63, 3.8) is 0 Å². The van der Waals surface area contributed by atoms with E-state index in [0.717, 1.165) is 4.90 Å². The van der Waals surface area contributed by atoms with Crippen LogP contribution in [0.3, 0.4) is 0 Å². The van der Waals surface area contributed by atoms with Gasteiger partial charge in [-0.3, -0.25) is 4.21 Å². The fraction of sp³-hybridized carbons (Fsp3) is 0.200. The molecule has 1 rings (SSSR count). The molecule has 70 valence electrons. The summed E-state index contributed by atoms with van der Waals surface area (Å²) in [6.07, 6.45) is 3.78. The summed E-state index contributed by atoms with van der Waals surface area (Å²) in [5.74, 6) is 0.552. The van der Waals surface area contributed by atoms with Gasteiger partial charge in [-0.05, 0) is 25.1 Å². The lowest BCUT2D eigenvalue weighted by Crippen LogP contribution is -1.94. The second-order valence-corrected chi connectivity index (χ2v) is 4.47. The molecule has 0 spiro atoms. The van der Waals surface area contributed by atoms with Gasteiger partial charge >= 0.3 is 0 Å². The highest BCUT2D eigenvalue weighted by molar-refractivity contribution is 7.85. The molecule has 1 nitrogen and oxygen atoms in total. The van der Waals surface area contributed by atoms with Crippen molar-refractivity contribution in [2.24, 2.45) is 0 Å². The summed E-state index contributed by atoms with van der Waals surface area (Å²) >= 11 is 5.77. The molecule has 0 N–H and O–H groups in total. The van der Waals surface area contributed by atoms with Crippen LogP contribution in [-0.2, 0) is 10.8 Å². The third-order valence-electron chi connectivity index (χ3n) is 1.54. The van der Waals surface area contributed by atoms with Gasteiger partial charge in [-0.1, -0.05) is 29.8 Å². The van der Waals surface area contributed by atoms with Crippen LogP contribution in [0.25, 0.3) is 0 Å². The molecule has 0 aliphatic carbocycles. The molecule has 0 bridgehead atoms. The van der Waals surface area contributed by atoms with Crippen molar-refractivity contribution in [3.05, 3.63) is 41.4 Å². The SMILES string of the molecule is C/C=C/CS(=O)c1cccc(Cl)c1. The molecule has 0 heterocycles. The highest BCUT2D eigenvalue weighted by Crippen LogP contribution is 2.14. The molecule has 0 saturated carbocycles. The van der Waals surface area contributed by atoms with Gasteiger partial charge in [-0.15, -0.1) is 0 Å². The summed E-state index contributed by atoms with van der Waals surface area (Å²) in [5.41, 5.74) is 0. The van der Waals surface area contributed by atoms with Crippen molar-refractivity contribution in [3.8, 4) is 0 Å². The minimum absolute atomic E-state index is 0.552. The Bertz CT molecular complexity index is 333. The molecule has 0 amide bonds. The Balaban J connectivity index is 2.77. The Morgan fingerprint density at radius 2 is 2.31 bits per heavy atom. The van der Waals surface area contributed by atoms with Crippen molar-refractivity contribution >= 4 is 22.4 Å². The van der Waals surface area contributed by atoms with Crippen LogP contribution in [0.1, 0.15) is 6.92 Å². The third-order valence-corrected chi connectivity index (χ3v) is 3.05. The molecule has 3 heteroatoms. The van der Waals surface area contributed by atoms with Gasteiger partial charge in [0.15, 0.2) is 0 Å². The molecule has 0 aliphatic rings. The molecular weight excluding hydrogens is 204 g/mol. The molecule has 0 radical (unpaired) electrons. The summed E-state index contributed by atoms with van der Waals surface area (Å²) in [4.78, 5) is 0.783. The molecule has 1 atom stereocenters. The number of hydrogen-bond acceptors (Lipinski definition) is 1. The maximum absolute atomic E-state index is 11.6. The molecule has 13 heavy (non-hydrogen) atoms. The first-order valence-corrected chi connectivity index (χ1v) is 5.69. The predicted molar refractivity (Wildman–Crippen MR) is 57.5 cm³/mol. The Morgan fingerprint density at radius 3 is 2.92 bits per heavy atom. The molecule has 0 aromatic heterocycles. The summed E-state index contributed by atoms with van der Waals surface area (Å²) in [6.45, 7) is 1.91. The second-order valence-electron chi connectivity index (χ2n) is 2.54. The molecule has 0 aliphatic heterocycles. The fourth-order valence-electron chi connectivity index (χ4n) is 0.888. The zero-order valence-electron chi connectivity index (χ0n) is 7.37. The molecule has 0 saturated heterocycles. The van der Waals surface area contributed by atoms with Gasteiger partial charge in [-0.2, -0.15) is 0 Å². The van der Waals surface area contributed by atoms with Gasteiger partial charge in [0.1, 0.15) is 0 Å². The molecule has 1 aromatic rings. The molecule has 1 unspecified atom stereocenters. The second kappa shape index (κ2) is 5.20. The van der Waals surface area contributed by atoms with E-state index in [9.17, 15) is 4.21 Å². The fourth-order valence-corrected chi connectivity index (χ4v) is 2.19. The number of rotatable bonds is 3. The van der Waals surface area contributed by atoms with Crippen molar-refractivity contribution in [2.75, 3.05) is 5.75 Å². The number of halogens is 1. The molecular formula is C10H11ClOS. The minimum Gasteiger partial charge on any atom is -0.254 e. The van der Waals surface area contributed by atoms with Crippen LogP contribution in [0.2, 0.25) is 5.02 Å². The summed E-state index contributed by atoms with van der Waals surface area (Å²) in [6, 6.07) is 7.15. The topological polar surface area (TPSA) is 17.1 Å². The smallest absolute Gasteiger partial charge is 0.0568 e. The Kier molecular flexibility index (Phi) is 4.19. The standard InChI is InChI=1S/C10H11ClOS/c1-2-3-7-13(12)10-6-4-5-9(11)8-10/h2-6,8H,7H2,1H3/b3-2+. The van der Waals surface area contributed by atoms with E-state index in [1.807, 2.05) is 31.2 Å². The van der Waals surface area contributed by atoms with Gasteiger partial charge < -0.3 is 0 Å². The summed E-state index contributed by atoms with van der Waals surface area (Å²) in [7, 11) is -0.965. The van der Waals surface area contributed by atoms with Gasteiger partial charge in [0.25, 0.3) is 0 Å². The van der Waals surface area contributed by atoms with Gasteiger partial charge in [0.05, 0.1) is 10.8 Å². The van der Waals surface area contributed by atoms with Crippen molar-refractivity contribution < 1.29 is 4.21 Å². The zero-order valence-corrected chi connectivity index (χ0v) is 8.94. The van der Waals surface area contributed by atoms with Crippen molar-refractivity contribution in [2.45, 2.75) is 11.8 Å². The zero-order chi connectivity index (χ0) is 9.68. The third kappa shape index (κ3) is 3.33. The van der Waals surface area contributed by atoms with E-state index in [4.69, 9.17) is 11.6 Å². The lowest BCUT2D eigenvalue weighted by atomic mass is 10.4. The predicted octanol–water partition coefficient (Wildman–Crippen LogP) is 3.02. The van der Waals surface area contributed by atoms with Crippen LogP contribution in [-0.4, -0.2) is 9.96 Å². The highest BCUT2D eigenvalue weighted by Gasteiger charge is 2.00. The lowest BCUT2D eigenvalue weighted by molar-refractivity contribution is 0.685. The van der Waals surface area contributed by atoms with E-state index in [-0.39, 0.29) is 0 Å². The maximum Gasteiger partial charge on any atom is 0.0568 e. The highest BCUT2D eigenvalue weighted by atomic mass is 35.5. The largest absolute Gasteiger partial charge is 0.254 e. The average Bonchev–Trinajstić information content (AvgIpc) is 2.14. The average molecular weight is 215 g/mol. The van der Waals surface area contributed by atoms with Crippen LogP contribution < -0.4 is 0 Å². The van der Waals surface area contributed by atoms with E-state index >= 15 is 0 Å². The van der Waals surface area contributed by atoms with Crippen LogP contribution in [0.15, 0.2) is 41.3 Å². The number of benzene rings is 1. The number of hydrogen-bond donors (Lipinski definition) is 0. The Hall–Kier alpha value is -0.600. The maximum atomic E-state index is 11.6. The lowest BCUT2D eigenvalue weighted by Gasteiger charge is -1.98. The van der Waals surface area contributed by atoms with E-state index in [1.54, 1.807) is 12.1 Å². The monoisotopic (exact) mass is 214 g/mol. The van der Waals surface area contributed by atoms with Crippen LogP contribution in [0.5, 0.6) is 0 Å². The first-order chi connectivity index (χ1) is 6.24. The summed E-state index contributed by atoms with van der Waals surface area (Å²) in [5, 5.41) is 0.631. The van der Waals surface area contributed by atoms with Crippen molar-refractivity contribution in [1.29, 1.82) is 0 Å². The van der Waals surface area contributed by atoms with Gasteiger partial charge in [0.2, 0.25) is 0 Å². The Labute approximate surface area is 85.9 Å². The minimum atomic E-state index is -0.965.